The Morgan fingerprint density at radius 1 is 0.962 bits per heavy atom. The average Bonchev–Trinajstić information content (AvgIpc) is 2.53. The normalized spacial score (nSPS) is 11.9. The van der Waals surface area contributed by atoms with E-state index in [9.17, 15) is 18.0 Å². The predicted octanol–water partition coefficient (Wildman–Crippen LogP) is 3.01. The van der Waals surface area contributed by atoms with E-state index in [0.717, 1.165) is 11.8 Å². The van der Waals surface area contributed by atoms with Crippen molar-refractivity contribution in [2.24, 2.45) is 5.16 Å². The van der Waals surface area contributed by atoms with Gasteiger partial charge in [-0.2, -0.15) is 0 Å². The van der Waals surface area contributed by atoms with E-state index in [2.05, 4.69) is 5.16 Å². The second-order valence-electron chi connectivity index (χ2n) is 6.02. The quantitative estimate of drug-likeness (QED) is 0.270. The third-order valence-electron chi connectivity index (χ3n) is 3.67. The molecule has 0 unspecified atom stereocenters. The summed E-state index contributed by atoms with van der Waals surface area (Å²) in [6.07, 6.45) is 0.846. The first-order valence-corrected chi connectivity index (χ1v) is 9.67. The van der Waals surface area contributed by atoms with Crippen LogP contribution in [-0.4, -0.2) is 31.5 Å². The summed E-state index contributed by atoms with van der Waals surface area (Å²) in [5.41, 5.74) is 2.62. The Morgan fingerprint density at radius 3 is 2.00 bits per heavy atom. The van der Waals surface area contributed by atoms with Crippen LogP contribution in [0.2, 0.25) is 0 Å². The number of nitrogens with zero attached hydrogens (tertiary/aromatic N) is 1. The molecule has 0 saturated carbocycles. The minimum Gasteiger partial charge on any atom is -0.311 e. The van der Waals surface area contributed by atoms with Crippen molar-refractivity contribution in [1.82, 2.24) is 0 Å². The number of carbonyl (C=O) groups is 2. The number of ketones is 1. The van der Waals surface area contributed by atoms with Gasteiger partial charge in [-0.25, -0.2) is 13.2 Å². The molecule has 0 fully saturated rings. The predicted molar refractivity (Wildman–Crippen MR) is 99.1 cm³/mol. The van der Waals surface area contributed by atoms with Crippen molar-refractivity contribution in [3.63, 3.8) is 0 Å². The lowest BCUT2D eigenvalue weighted by atomic mass is 9.97. The van der Waals surface area contributed by atoms with Gasteiger partial charge in [0.05, 0.1) is 5.56 Å². The number of carbonyl (C=O) groups excluding carboxylic acids is 2. The van der Waals surface area contributed by atoms with E-state index >= 15 is 0 Å². The zero-order chi connectivity index (χ0) is 19.5. The van der Waals surface area contributed by atoms with Crippen LogP contribution in [0.5, 0.6) is 0 Å². The number of sulfone groups is 1. The van der Waals surface area contributed by atoms with E-state index in [0.29, 0.717) is 11.1 Å². The number of oxime groups is 1. The highest BCUT2D eigenvalue weighted by molar-refractivity contribution is 8.07. The zero-order valence-electron chi connectivity index (χ0n) is 14.9. The smallest absolute Gasteiger partial charge is 0.311 e. The fraction of sp³-hybridized carbons (Fsp3) is 0.211. The number of hydrogen-bond donors (Lipinski definition) is 0. The molecule has 0 amide bonds. The second kappa shape index (κ2) is 7.61. The maximum absolute atomic E-state index is 12.8. The number of Topliss-reactive ketones (excluding diaryl/α,β-unsaturated/α-hetero) is 1. The topological polar surface area (TPSA) is 89.9 Å². The maximum atomic E-state index is 12.8. The molecule has 6 nitrogen and oxygen atoms in total. The van der Waals surface area contributed by atoms with E-state index in [4.69, 9.17) is 4.84 Å². The maximum Gasteiger partial charge on any atom is 0.365 e. The minimum atomic E-state index is -4.01. The van der Waals surface area contributed by atoms with E-state index in [1.165, 1.54) is 12.1 Å². The highest BCUT2D eigenvalue weighted by atomic mass is 32.2. The van der Waals surface area contributed by atoms with E-state index in [1.807, 2.05) is 6.92 Å². The molecule has 26 heavy (non-hydrogen) atoms. The lowest BCUT2D eigenvalue weighted by Gasteiger charge is -2.10. The van der Waals surface area contributed by atoms with Crippen molar-refractivity contribution in [2.45, 2.75) is 20.8 Å². The first-order valence-electron chi connectivity index (χ1n) is 7.78. The third kappa shape index (κ3) is 4.43. The summed E-state index contributed by atoms with van der Waals surface area (Å²) in [6, 6.07) is 11.5. The third-order valence-corrected chi connectivity index (χ3v) is 4.63. The van der Waals surface area contributed by atoms with Crippen molar-refractivity contribution in [3.05, 3.63) is 70.3 Å². The molecule has 0 radical (unpaired) electrons. The van der Waals surface area contributed by atoms with Crippen molar-refractivity contribution in [2.75, 3.05) is 6.26 Å². The van der Waals surface area contributed by atoms with Gasteiger partial charge in [-0.1, -0.05) is 41.1 Å². The summed E-state index contributed by atoms with van der Waals surface area (Å²) < 4.78 is 24.1. The van der Waals surface area contributed by atoms with Crippen molar-refractivity contribution >= 4 is 26.6 Å². The highest BCUT2D eigenvalue weighted by Gasteiger charge is 2.28. The van der Waals surface area contributed by atoms with Gasteiger partial charge in [0.25, 0.3) is 0 Å². The number of hydrogen-bond acceptors (Lipinski definition) is 6. The van der Waals surface area contributed by atoms with Crippen LogP contribution in [0, 0.1) is 20.8 Å². The van der Waals surface area contributed by atoms with E-state index < -0.39 is 26.6 Å². The number of rotatable bonds is 4. The van der Waals surface area contributed by atoms with Gasteiger partial charge < -0.3 is 4.84 Å². The van der Waals surface area contributed by atoms with Crippen LogP contribution < -0.4 is 0 Å². The Hall–Kier alpha value is -2.80. The van der Waals surface area contributed by atoms with Crippen LogP contribution >= 0.6 is 0 Å². The summed E-state index contributed by atoms with van der Waals surface area (Å²) in [5, 5.41) is 2.57. The Morgan fingerprint density at radius 2 is 1.50 bits per heavy atom. The van der Waals surface area contributed by atoms with Crippen LogP contribution in [0.15, 0.2) is 47.6 Å². The van der Waals surface area contributed by atoms with Crippen molar-refractivity contribution in [3.8, 4) is 0 Å². The minimum absolute atomic E-state index is 0.194. The molecule has 2 aromatic rings. The van der Waals surface area contributed by atoms with E-state index in [-0.39, 0.29) is 11.1 Å². The average molecular weight is 373 g/mol. The van der Waals surface area contributed by atoms with Crippen molar-refractivity contribution < 1.29 is 22.8 Å². The molecule has 0 spiro atoms. The largest absolute Gasteiger partial charge is 0.365 e. The van der Waals surface area contributed by atoms with Gasteiger partial charge in [-0.05, 0) is 44.0 Å². The fourth-order valence-electron chi connectivity index (χ4n) is 2.63. The zero-order valence-corrected chi connectivity index (χ0v) is 15.8. The SMILES string of the molecule is Cc1cc(C)c(C(=O)/C(=N/OC(=O)c2ccccc2)S(C)(=O)=O)c(C)c1. The first kappa shape index (κ1) is 19.5. The molecule has 7 heteroatoms. The summed E-state index contributed by atoms with van der Waals surface area (Å²) in [6.45, 7) is 5.30. The molecule has 0 saturated heterocycles. The molecule has 2 aromatic carbocycles. The van der Waals surface area contributed by atoms with Gasteiger partial charge in [-0.15, -0.1) is 0 Å². The molecule has 0 aliphatic heterocycles. The van der Waals surface area contributed by atoms with Crippen LogP contribution in [0.4, 0.5) is 0 Å². The molecule has 0 aliphatic carbocycles. The van der Waals surface area contributed by atoms with Crippen molar-refractivity contribution in [1.29, 1.82) is 0 Å². The van der Waals surface area contributed by atoms with Gasteiger partial charge in [-0.3, -0.25) is 4.79 Å². The van der Waals surface area contributed by atoms with Crippen LogP contribution in [0.3, 0.4) is 0 Å². The molecule has 0 bridgehead atoms. The Balaban J connectivity index is 2.43. The standard InChI is InChI=1S/C19H19NO5S/c1-12-10-13(2)16(14(3)11-12)17(21)18(26(4,23)24)20-25-19(22)15-8-6-5-7-9-15/h5-11H,1-4H3/b20-18-. The molecule has 0 atom stereocenters. The lowest BCUT2D eigenvalue weighted by molar-refractivity contribution is 0.0517. The van der Waals surface area contributed by atoms with Gasteiger partial charge in [0, 0.05) is 11.8 Å². The van der Waals surface area contributed by atoms with Crippen LogP contribution in [0.25, 0.3) is 0 Å². The summed E-state index contributed by atoms with van der Waals surface area (Å²) in [7, 11) is -4.01. The molecular formula is C19H19NO5S. The fourth-order valence-corrected chi connectivity index (χ4v) is 3.24. The lowest BCUT2D eigenvalue weighted by Crippen LogP contribution is -2.26. The molecule has 0 aromatic heterocycles. The Labute approximate surface area is 152 Å². The Bertz CT molecular complexity index is 969. The highest BCUT2D eigenvalue weighted by Crippen LogP contribution is 2.19. The Kier molecular flexibility index (Phi) is 5.72. The summed E-state index contributed by atoms with van der Waals surface area (Å²) in [5.74, 6) is -1.65. The molecule has 2 rings (SSSR count). The number of benzene rings is 2. The molecule has 0 aliphatic rings. The number of aryl methyl sites for hydroxylation is 3. The summed E-state index contributed by atoms with van der Waals surface area (Å²) in [4.78, 5) is 29.5. The van der Waals surface area contributed by atoms with Gasteiger partial charge in [0.2, 0.25) is 10.8 Å². The van der Waals surface area contributed by atoms with Crippen LogP contribution in [0.1, 0.15) is 37.4 Å². The second-order valence-corrected chi connectivity index (χ2v) is 7.95. The first-order chi connectivity index (χ1) is 12.1. The van der Waals surface area contributed by atoms with Gasteiger partial charge >= 0.3 is 5.97 Å². The van der Waals surface area contributed by atoms with Gasteiger partial charge in [0.1, 0.15) is 0 Å². The molecule has 136 valence electrons. The molecule has 0 heterocycles. The molecule has 0 N–H and O–H groups in total. The van der Waals surface area contributed by atoms with Crippen LogP contribution in [-0.2, 0) is 14.7 Å². The monoisotopic (exact) mass is 373 g/mol. The van der Waals surface area contributed by atoms with E-state index in [1.54, 1.807) is 44.2 Å². The molecular weight excluding hydrogens is 354 g/mol. The summed E-state index contributed by atoms with van der Waals surface area (Å²) >= 11 is 0. The van der Waals surface area contributed by atoms with Gasteiger partial charge in [0.15, 0.2) is 9.84 Å².